The van der Waals surface area contributed by atoms with Crippen LogP contribution >= 0.6 is 12.6 Å². The summed E-state index contributed by atoms with van der Waals surface area (Å²) >= 11 is 3.93. The third-order valence-electron chi connectivity index (χ3n) is 3.16. The Morgan fingerprint density at radius 3 is 2.12 bits per heavy atom. The summed E-state index contributed by atoms with van der Waals surface area (Å²) in [5.74, 6) is -0.124. The van der Waals surface area contributed by atoms with E-state index >= 15 is 0 Å². The van der Waals surface area contributed by atoms with E-state index in [1.807, 2.05) is 5.06 Å². The van der Waals surface area contributed by atoms with Crippen LogP contribution in [-0.4, -0.2) is 41.1 Å². The molecule has 1 aliphatic heterocycles. The number of piperidine rings is 1. The minimum absolute atomic E-state index is 0.0638. The van der Waals surface area contributed by atoms with Crippen LogP contribution in [0.1, 0.15) is 40.5 Å². The average Bonchev–Trinajstić information content (AvgIpc) is 2.14. The van der Waals surface area contributed by atoms with Gasteiger partial charge in [0.05, 0.1) is 12.9 Å². The summed E-state index contributed by atoms with van der Waals surface area (Å²) in [5, 5.41) is 1.99. The second-order valence-corrected chi connectivity index (χ2v) is 6.10. The van der Waals surface area contributed by atoms with Gasteiger partial charge in [-0.15, -0.1) is 0 Å². The van der Waals surface area contributed by atoms with E-state index in [1.165, 1.54) is 0 Å². The SMILES string of the molecule is CON1C(C)(C)CC(OC(=O)CS)CC1(C)C. The van der Waals surface area contributed by atoms with Crippen molar-refractivity contribution in [1.82, 2.24) is 5.06 Å². The lowest BCUT2D eigenvalue weighted by molar-refractivity contribution is -0.278. The summed E-state index contributed by atoms with van der Waals surface area (Å²) in [6, 6.07) is 0. The first-order valence-electron chi connectivity index (χ1n) is 5.88. The molecule has 1 fully saturated rings. The number of hydroxylamine groups is 2. The van der Waals surface area contributed by atoms with Crippen LogP contribution in [0.15, 0.2) is 0 Å². The molecule has 1 aliphatic rings. The van der Waals surface area contributed by atoms with Gasteiger partial charge in [-0.2, -0.15) is 17.7 Å². The number of rotatable bonds is 3. The van der Waals surface area contributed by atoms with Gasteiger partial charge in [0, 0.05) is 23.9 Å². The van der Waals surface area contributed by atoms with Gasteiger partial charge < -0.3 is 9.57 Å². The summed E-state index contributed by atoms with van der Waals surface area (Å²) < 4.78 is 5.41. The quantitative estimate of drug-likeness (QED) is 0.623. The minimum atomic E-state index is -0.254. The Balaban J connectivity index is 2.80. The van der Waals surface area contributed by atoms with Crippen molar-refractivity contribution in [3.05, 3.63) is 0 Å². The standard InChI is InChI=1S/C12H23NO3S/c1-11(2)6-9(16-10(14)8-17)7-12(3,4)13(11)15-5/h9,17H,6-8H2,1-5H3. The topological polar surface area (TPSA) is 38.8 Å². The predicted molar refractivity (Wildman–Crippen MR) is 70.0 cm³/mol. The highest BCUT2D eigenvalue weighted by Gasteiger charge is 2.47. The third kappa shape index (κ3) is 3.36. The van der Waals surface area contributed by atoms with E-state index in [9.17, 15) is 4.79 Å². The molecule has 1 rings (SSSR count). The normalized spacial score (nSPS) is 24.6. The number of nitrogens with zero attached hydrogens (tertiary/aromatic N) is 1. The average molecular weight is 261 g/mol. The number of thiol groups is 1. The molecule has 100 valence electrons. The first-order valence-corrected chi connectivity index (χ1v) is 6.51. The van der Waals surface area contributed by atoms with Crippen LogP contribution in [0, 0.1) is 0 Å². The Kier molecular flexibility index (Phi) is 4.49. The van der Waals surface area contributed by atoms with Crippen molar-refractivity contribution in [2.75, 3.05) is 12.9 Å². The molecule has 0 spiro atoms. The Morgan fingerprint density at radius 1 is 1.29 bits per heavy atom. The zero-order valence-corrected chi connectivity index (χ0v) is 12.2. The molecule has 0 saturated carbocycles. The molecule has 4 nitrogen and oxygen atoms in total. The Morgan fingerprint density at radius 2 is 1.76 bits per heavy atom. The molecule has 0 aliphatic carbocycles. The van der Waals surface area contributed by atoms with Gasteiger partial charge in [0.15, 0.2) is 0 Å². The largest absolute Gasteiger partial charge is 0.462 e. The summed E-state index contributed by atoms with van der Waals surface area (Å²) in [6.07, 6.45) is 1.47. The van der Waals surface area contributed by atoms with Gasteiger partial charge >= 0.3 is 5.97 Å². The van der Waals surface area contributed by atoms with Crippen molar-refractivity contribution in [2.45, 2.75) is 57.7 Å². The van der Waals surface area contributed by atoms with E-state index in [2.05, 4.69) is 40.3 Å². The van der Waals surface area contributed by atoms with E-state index in [1.54, 1.807) is 7.11 Å². The molecule has 0 aromatic carbocycles. The number of esters is 1. The molecule has 0 aromatic heterocycles. The highest BCUT2D eigenvalue weighted by atomic mass is 32.1. The fraction of sp³-hybridized carbons (Fsp3) is 0.917. The first kappa shape index (κ1) is 14.8. The van der Waals surface area contributed by atoms with Crippen LogP contribution in [0.5, 0.6) is 0 Å². The van der Waals surface area contributed by atoms with Crippen molar-refractivity contribution in [2.24, 2.45) is 0 Å². The second kappa shape index (κ2) is 5.16. The van der Waals surface area contributed by atoms with E-state index < -0.39 is 0 Å². The van der Waals surface area contributed by atoms with Gasteiger partial charge in [0.25, 0.3) is 0 Å². The minimum Gasteiger partial charge on any atom is -0.462 e. The fourth-order valence-corrected chi connectivity index (χ4v) is 3.05. The van der Waals surface area contributed by atoms with Crippen LogP contribution in [-0.2, 0) is 14.4 Å². The first-order chi connectivity index (χ1) is 7.73. The van der Waals surface area contributed by atoms with Crippen molar-refractivity contribution in [1.29, 1.82) is 0 Å². The maximum Gasteiger partial charge on any atom is 0.315 e. The number of hydrogen-bond donors (Lipinski definition) is 1. The van der Waals surface area contributed by atoms with Crippen LogP contribution in [0.4, 0.5) is 0 Å². The number of ether oxygens (including phenoxy) is 1. The Bertz CT molecular complexity index is 273. The molecule has 0 N–H and O–H groups in total. The van der Waals surface area contributed by atoms with Crippen LogP contribution in [0.25, 0.3) is 0 Å². The molecule has 0 unspecified atom stereocenters. The zero-order valence-electron chi connectivity index (χ0n) is 11.3. The molecule has 0 bridgehead atoms. The lowest BCUT2D eigenvalue weighted by Gasteiger charge is -2.52. The summed E-state index contributed by atoms with van der Waals surface area (Å²) in [6.45, 7) is 8.38. The molecule has 1 heterocycles. The van der Waals surface area contributed by atoms with Crippen molar-refractivity contribution in [3.63, 3.8) is 0 Å². The molecule has 0 amide bonds. The highest BCUT2D eigenvalue weighted by molar-refractivity contribution is 7.81. The van der Waals surface area contributed by atoms with Crippen LogP contribution in [0.2, 0.25) is 0 Å². The van der Waals surface area contributed by atoms with E-state index in [0.717, 1.165) is 12.8 Å². The molecule has 1 saturated heterocycles. The molecule has 17 heavy (non-hydrogen) atoms. The molecule has 0 radical (unpaired) electrons. The van der Waals surface area contributed by atoms with E-state index in [0.29, 0.717) is 0 Å². The maximum absolute atomic E-state index is 11.3. The van der Waals surface area contributed by atoms with Gasteiger partial charge in [-0.05, 0) is 27.7 Å². The maximum atomic E-state index is 11.3. The molecule has 0 atom stereocenters. The fourth-order valence-electron chi connectivity index (χ4n) is 2.97. The summed E-state index contributed by atoms with van der Waals surface area (Å²) in [4.78, 5) is 16.8. The van der Waals surface area contributed by atoms with Gasteiger partial charge in [0.2, 0.25) is 0 Å². The van der Waals surface area contributed by atoms with E-state index in [-0.39, 0.29) is 28.9 Å². The molecular weight excluding hydrogens is 238 g/mol. The molecule has 5 heteroatoms. The lowest BCUT2D eigenvalue weighted by Crippen LogP contribution is -2.61. The number of carbonyl (C=O) groups is 1. The van der Waals surface area contributed by atoms with Crippen LogP contribution in [0.3, 0.4) is 0 Å². The summed E-state index contributed by atoms with van der Waals surface area (Å²) in [5.41, 5.74) is -0.309. The molecule has 0 aromatic rings. The van der Waals surface area contributed by atoms with Gasteiger partial charge in [-0.3, -0.25) is 4.79 Å². The summed E-state index contributed by atoms with van der Waals surface area (Å²) in [7, 11) is 1.68. The van der Waals surface area contributed by atoms with Crippen molar-refractivity contribution >= 4 is 18.6 Å². The van der Waals surface area contributed by atoms with Crippen LogP contribution < -0.4 is 0 Å². The monoisotopic (exact) mass is 261 g/mol. The van der Waals surface area contributed by atoms with Crippen molar-refractivity contribution in [3.8, 4) is 0 Å². The number of hydrogen-bond acceptors (Lipinski definition) is 5. The lowest BCUT2D eigenvalue weighted by atomic mass is 9.80. The molecular formula is C12H23NO3S. The Hall–Kier alpha value is -0.260. The zero-order chi connectivity index (χ0) is 13.3. The second-order valence-electron chi connectivity index (χ2n) is 5.78. The highest BCUT2D eigenvalue weighted by Crippen LogP contribution is 2.39. The Labute approximate surface area is 109 Å². The smallest absolute Gasteiger partial charge is 0.315 e. The predicted octanol–water partition coefficient (Wildman–Crippen LogP) is 2.04. The third-order valence-corrected chi connectivity index (χ3v) is 3.42. The van der Waals surface area contributed by atoms with Gasteiger partial charge in [-0.1, -0.05) is 0 Å². The van der Waals surface area contributed by atoms with Gasteiger partial charge in [0.1, 0.15) is 6.10 Å². The van der Waals surface area contributed by atoms with Crippen molar-refractivity contribution < 1.29 is 14.4 Å². The van der Waals surface area contributed by atoms with Gasteiger partial charge in [-0.25, -0.2) is 0 Å². The van der Waals surface area contributed by atoms with E-state index in [4.69, 9.17) is 9.57 Å². The number of carbonyl (C=O) groups excluding carboxylic acids is 1.